The number of amides is 1. The topological polar surface area (TPSA) is 45.3 Å². The van der Waals surface area contributed by atoms with Crippen molar-refractivity contribution in [1.29, 1.82) is 0 Å². The van der Waals surface area contributed by atoms with Gasteiger partial charge in [-0.15, -0.1) is 0 Å². The summed E-state index contributed by atoms with van der Waals surface area (Å²) in [6.45, 7) is 6.51. The number of carbonyl (C=O) groups excluding carboxylic acids is 1. The van der Waals surface area contributed by atoms with Gasteiger partial charge in [0.25, 0.3) is 0 Å². The standard InChI is InChI=1S/C18H24N2O2/c1-18(2,3)22-17(21)20-11-5-4-6-16(20)14-7-8-15-13(12-14)9-10-19-15/h7-10,12,16,19H,4-6,11H2,1-3H3/t16-/m1/s1. The molecule has 2 heterocycles. The third-order valence-corrected chi connectivity index (χ3v) is 4.09. The Morgan fingerprint density at radius 3 is 2.86 bits per heavy atom. The van der Waals surface area contributed by atoms with Crippen LogP contribution in [0.25, 0.3) is 10.9 Å². The highest BCUT2D eigenvalue weighted by molar-refractivity contribution is 5.80. The summed E-state index contributed by atoms with van der Waals surface area (Å²) in [7, 11) is 0. The van der Waals surface area contributed by atoms with Gasteiger partial charge in [-0.25, -0.2) is 4.79 Å². The van der Waals surface area contributed by atoms with E-state index in [1.54, 1.807) is 0 Å². The molecular formula is C18H24N2O2. The molecule has 4 nitrogen and oxygen atoms in total. The number of carbonyl (C=O) groups is 1. The summed E-state index contributed by atoms with van der Waals surface area (Å²) < 4.78 is 5.58. The van der Waals surface area contributed by atoms with Crippen molar-refractivity contribution in [1.82, 2.24) is 9.88 Å². The highest BCUT2D eigenvalue weighted by Gasteiger charge is 2.31. The maximum absolute atomic E-state index is 12.5. The minimum Gasteiger partial charge on any atom is -0.444 e. The fourth-order valence-electron chi connectivity index (χ4n) is 3.10. The highest BCUT2D eigenvalue weighted by Crippen LogP contribution is 2.33. The van der Waals surface area contributed by atoms with Gasteiger partial charge in [-0.2, -0.15) is 0 Å². The number of nitrogens with one attached hydrogen (secondary N) is 1. The fraction of sp³-hybridized carbons (Fsp3) is 0.500. The first-order chi connectivity index (χ1) is 10.4. The van der Waals surface area contributed by atoms with Gasteiger partial charge in [-0.1, -0.05) is 6.07 Å². The largest absolute Gasteiger partial charge is 0.444 e. The Bertz CT molecular complexity index is 669. The summed E-state index contributed by atoms with van der Waals surface area (Å²) in [5, 5.41) is 1.19. The summed E-state index contributed by atoms with van der Waals surface area (Å²) in [6, 6.07) is 8.57. The Morgan fingerprint density at radius 2 is 2.09 bits per heavy atom. The van der Waals surface area contributed by atoms with Crippen molar-refractivity contribution in [2.45, 2.75) is 51.7 Å². The average molecular weight is 300 g/mol. The number of fused-ring (bicyclic) bond motifs is 1. The number of aromatic nitrogens is 1. The van der Waals surface area contributed by atoms with Crippen molar-refractivity contribution in [2.24, 2.45) is 0 Å². The molecule has 1 saturated heterocycles. The van der Waals surface area contributed by atoms with E-state index in [0.717, 1.165) is 31.3 Å². The zero-order chi connectivity index (χ0) is 15.7. The van der Waals surface area contributed by atoms with E-state index in [-0.39, 0.29) is 12.1 Å². The lowest BCUT2D eigenvalue weighted by Crippen LogP contribution is -2.41. The second-order valence-corrected chi connectivity index (χ2v) is 7.01. The SMILES string of the molecule is CC(C)(C)OC(=O)N1CCCC[C@@H]1c1ccc2[nH]ccc2c1. The molecule has 3 rings (SSSR count). The van der Waals surface area contributed by atoms with E-state index in [9.17, 15) is 4.79 Å². The normalized spacial score (nSPS) is 19.4. The summed E-state index contributed by atoms with van der Waals surface area (Å²) in [5.74, 6) is 0. The minimum absolute atomic E-state index is 0.114. The molecule has 1 fully saturated rings. The number of likely N-dealkylation sites (tertiary alicyclic amines) is 1. The number of ether oxygens (including phenoxy) is 1. The zero-order valence-electron chi connectivity index (χ0n) is 13.6. The van der Waals surface area contributed by atoms with Gasteiger partial charge in [0.1, 0.15) is 5.60 Å². The predicted molar refractivity (Wildman–Crippen MR) is 87.8 cm³/mol. The van der Waals surface area contributed by atoms with Crippen molar-refractivity contribution in [3.63, 3.8) is 0 Å². The van der Waals surface area contributed by atoms with Crippen LogP contribution in [0.2, 0.25) is 0 Å². The van der Waals surface area contributed by atoms with Crippen LogP contribution in [0.4, 0.5) is 4.79 Å². The van der Waals surface area contributed by atoms with Crippen molar-refractivity contribution in [2.75, 3.05) is 6.54 Å². The van der Waals surface area contributed by atoms with Crippen LogP contribution in [0, 0.1) is 0 Å². The average Bonchev–Trinajstić information content (AvgIpc) is 2.92. The smallest absolute Gasteiger partial charge is 0.410 e. The molecule has 2 aromatic rings. The van der Waals surface area contributed by atoms with Crippen molar-refractivity contribution >= 4 is 17.0 Å². The van der Waals surface area contributed by atoms with Gasteiger partial charge in [0.15, 0.2) is 0 Å². The molecule has 0 radical (unpaired) electrons. The lowest BCUT2D eigenvalue weighted by Gasteiger charge is -2.37. The molecule has 0 bridgehead atoms. The number of benzene rings is 1. The van der Waals surface area contributed by atoms with Crippen LogP contribution < -0.4 is 0 Å². The summed E-state index contributed by atoms with van der Waals surface area (Å²) >= 11 is 0. The molecule has 22 heavy (non-hydrogen) atoms. The van der Waals surface area contributed by atoms with E-state index in [4.69, 9.17) is 4.74 Å². The molecule has 1 aliphatic heterocycles. The number of hydrogen-bond acceptors (Lipinski definition) is 2. The van der Waals surface area contributed by atoms with Gasteiger partial charge in [0, 0.05) is 18.3 Å². The van der Waals surface area contributed by atoms with Crippen molar-refractivity contribution < 1.29 is 9.53 Å². The van der Waals surface area contributed by atoms with Crippen LogP contribution in [0.5, 0.6) is 0 Å². The summed E-state index contributed by atoms with van der Waals surface area (Å²) in [4.78, 5) is 17.6. The molecular weight excluding hydrogens is 276 g/mol. The number of piperidine rings is 1. The molecule has 1 atom stereocenters. The van der Waals surface area contributed by atoms with E-state index >= 15 is 0 Å². The first-order valence-electron chi connectivity index (χ1n) is 8.01. The molecule has 118 valence electrons. The van der Waals surface area contributed by atoms with Crippen LogP contribution >= 0.6 is 0 Å². The molecule has 1 aromatic heterocycles. The Labute approximate surface area is 131 Å². The number of H-pyrrole nitrogens is 1. The first kappa shape index (κ1) is 14.9. The molecule has 0 unspecified atom stereocenters. The molecule has 1 amide bonds. The van der Waals surface area contributed by atoms with E-state index < -0.39 is 5.60 Å². The van der Waals surface area contributed by atoms with Gasteiger partial charge in [-0.05, 0) is 69.2 Å². The molecule has 0 saturated carbocycles. The number of aromatic amines is 1. The lowest BCUT2D eigenvalue weighted by molar-refractivity contribution is 0.00953. The molecule has 1 aliphatic rings. The Hall–Kier alpha value is -1.97. The predicted octanol–water partition coefficient (Wildman–Crippen LogP) is 4.63. The lowest BCUT2D eigenvalue weighted by atomic mass is 9.95. The van der Waals surface area contributed by atoms with E-state index in [1.165, 1.54) is 10.9 Å². The minimum atomic E-state index is -0.455. The van der Waals surface area contributed by atoms with Crippen LogP contribution in [0.3, 0.4) is 0 Å². The monoisotopic (exact) mass is 300 g/mol. The molecule has 1 N–H and O–H groups in total. The molecule has 4 heteroatoms. The van der Waals surface area contributed by atoms with Crippen LogP contribution in [-0.4, -0.2) is 28.1 Å². The quantitative estimate of drug-likeness (QED) is 0.834. The number of rotatable bonds is 1. The second-order valence-electron chi connectivity index (χ2n) is 7.01. The summed E-state index contributed by atoms with van der Waals surface area (Å²) in [5.41, 5.74) is 1.87. The van der Waals surface area contributed by atoms with Crippen LogP contribution in [0.1, 0.15) is 51.6 Å². The van der Waals surface area contributed by atoms with Gasteiger partial charge in [-0.3, -0.25) is 0 Å². The Kier molecular flexibility index (Phi) is 3.85. The third-order valence-electron chi connectivity index (χ3n) is 4.09. The van der Waals surface area contributed by atoms with Crippen LogP contribution in [-0.2, 0) is 4.74 Å². The molecule has 0 spiro atoms. The van der Waals surface area contributed by atoms with E-state index in [1.807, 2.05) is 31.9 Å². The highest BCUT2D eigenvalue weighted by atomic mass is 16.6. The van der Waals surface area contributed by atoms with E-state index in [2.05, 4.69) is 29.2 Å². The maximum Gasteiger partial charge on any atom is 0.410 e. The molecule has 1 aromatic carbocycles. The van der Waals surface area contributed by atoms with Gasteiger partial charge < -0.3 is 14.6 Å². The zero-order valence-corrected chi connectivity index (χ0v) is 13.6. The Balaban J connectivity index is 1.86. The van der Waals surface area contributed by atoms with E-state index in [0.29, 0.717) is 0 Å². The van der Waals surface area contributed by atoms with Gasteiger partial charge in [0.05, 0.1) is 6.04 Å². The molecule has 0 aliphatic carbocycles. The van der Waals surface area contributed by atoms with Crippen LogP contribution in [0.15, 0.2) is 30.5 Å². The van der Waals surface area contributed by atoms with Gasteiger partial charge in [0.2, 0.25) is 0 Å². The maximum atomic E-state index is 12.5. The number of hydrogen-bond donors (Lipinski definition) is 1. The summed E-state index contributed by atoms with van der Waals surface area (Å²) in [6.07, 6.45) is 4.93. The number of nitrogens with zero attached hydrogens (tertiary/aromatic N) is 1. The third kappa shape index (κ3) is 3.11. The fourth-order valence-corrected chi connectivity index (χ4v) is 3.10. The Morgan fingerprint density at radius 1 is 1.27 bits per heavy atom. The van der Waals surface area contributed by atoms with Crippen molar-refractivity contribution in [3.05, 3.63) is 36.0 Å². The second kappa shape index (κ2) is 5.67. The van der Waals surface area contributed by atoms with Crippen molar-refractivity contribution in [3.8, 4) is 0 Å². The first-order valence-corrected chi connectivity index (χ1v) is 8.01. The van der Waals surface area contributed by atoms with Gasteiger partial charge >= 0.3 is 6.09 Å².